The Hall–Kier alpha value is -7.00. The molecule has 2 aromatic heterocycles. The normalized spacial score (nSPS) is 13.4. The van der Waals surface area contributed by atoms with Crippen LogP contribution in [0.5, 0.6) is 0 Å². The highest BCUT2D eigenvalue weighted by Gasteiger charge is 2.37. The minimum Gasteiger partial charge on any atom is -0.456 e. The van der Waals surface area contributed by atoms with E-state index in [1.807, 2.05) is 17.4 Å². The van der Waals surface area contributed by atoms with Crippen molar-refractivity contribution in [1.82, 2.24) is 0 Å². The topological polar surface area (TPSA) is 13.1 Å². The number of benzene rings is 10. The van der Waals surface area contributed by atoms with Gasteiger partial charge in [-0.3, -0.25) is 0 Å². The third kappa shape index (κ3) is 4.55. The van der Waals surface area contributed by atoms with E-state index in [2.05, 4.69) is 190 Å². The second kappa shape index (κ2) is 12.0. The van der Waals surface area contributed by atoms with Crippen LogP contribution in [0.2, 0.25) is 0 Å². The number of fused-ring (bicyclic) bond motifs is 14. The van der Waals surface area contributed by atoms with Gasteiger partial charge in [-0.1, -0.05) is 166 Å². The molecule has 0 atom stereocenters. The third-order valence-corrected chi connectivity index (χ3v) is 14.3. The molecule has 13 rings (SSSR count). The molecule has 0 aliphatic heterocycles. The van der Waals surface area contributed by atoms with Gasteiger partial charge in [0.2, 0.25) is 0 Å². The number of rotatable bonds is 3. The standard InChI is InChI=1S/C57H36OS/c1-57(2)47-21-11-9-14-37(47)44-28-30-50-55(56(44)57)54-39-16-4-3-13-36(39)45(32-51(54)59-50)33-23-25-34(26-24-33)52-40-17-5-7-19-42(40)53(43-20-8-6-18-41(43)52)35-27-29-49-46(31-35)38-15-10-12-22-48(38)58-49/h3-32H,1-2H3. The van der Waals surface area contributed by atoms with Gasteiger partial charge >= 0.3 is 0 Å². The summed E-state index contributed by atoms with van der Waals surface area (Å²) in [4.78, 5) is 0. The van der Waals surface area contributed by atoms with Gasteiger partial charge in [-0.15, -0.1) is 11.3 Å². The maximum Gasteiger partial charge on any atom is 0.135 e. The van der Waals surface area contributed by atoms with Crippen molar-refractivity contribution >= 4 is 85.8 Å². The Kier molecular flexibility index (Phi) is 6.73. The molecule has 0 saturated carbocycles. The second-order valence-electron chi connectivity index (χ2n) is 16.7. The summed E-state index contributed by atoms with van der Waals surface area (Å²) in [6.45, 7) is 4.81. The van der Waals surface area contributed by atoms with Gasteiger partial charge in [-0.05, 0) is 118 Å². The fraction of sp³-hybridized carbons (Fsp3) is 0.0526. The van der Waals surface area contributed by atoms with Crippen LogP contribution in [0.4, 0.5) is 0 Å². The largest absolute Gasteiger partial charge is 0.456 e. The van der Waals surface area contributed by atoms with E-state index in [4.69, 9.17) is 4.42 Å². The van der Waals surface area contributed by atoms with Crippen LogP contribution in [0.3, 0.4) is 0 Å². The van der Waals surface area contributed by atoms with Gasteiger partial charge in [0.1, 0.15) is 11.2 Å². The van der Waals surface area contributed by atoms with Gasteiger partial charge in [-0.25, -0.2) is 0 Å². The summed E-state index contributed by atoms with van der Waals surface area (Å²) in [5.41, 5.74) is 14.8. The Morgan fingerprint density at radius 2 is 0.932 bits per heavy atom. The molecule has 59 heavy (non-hydrogen) atoms. The van der Waals surface area contributed by atoms with Crippen LogP contribution >= 0.6 is 11.3 Å². The SMILES string of the molecule is CC1(C)c2ccccc2-c2ccc3sc4cc(-c5ccc(-c6c7ccccc7c(-c7ccc8oc9ccccc9c8c7)c7ccccc67)cc5)c5ccccc5c4c3c21. The predicted octanol–water partition coefficient (Wildman–Crippen LogP) is 16.7. The number of thiophene rings is 1. The van der Waals surface area contributed by atoms with Gasteiger partial charge in [0.05, 0.1) is 0 Å². The molecule has 0 unspecified atom stereocenters. The van der Waals surface area contributed by atoms with E-state index in [0.29, 0.717) is 0 Å². The molecule has 0 bridgehead atoms. The molecule has 1 aliphatic rings. The Morgan fingerprint density at radius 1 is 0.373 bits per heavy atom. The average Bonchev–Trinajstić information content (AvgIpc) is 3.92. The zero-order valence-electron chi connectivity index (χ0n) is 32.6. The highest BCUT2D eigenvalue weighted by Crippen LogP contribution is 2.55. The van der Waals surface area contributed by atoms with Crippen molar-refractivity contribution in [2.75, 3.05) is 0 Å². The van der Waals surface area contributed by atoms with Crippen LogP contribution in [0.15, 0.2) is 186 Å². The lowest BCUT2D eigenvalue weighted by Gasteiger charge is -2.22. The smallest absolute Gasteiger partial charge is 0.135 e. The maximum absolute atomic E-state index is 6.23. The van der Waals surface area contributed by atoms with Crippen LogP contribution in [-0.4, -0.2) is 0 Å². The predicted molar refractivity (Wildman–Crippen MR) is 253 cm³/mol. The second-order valence-corrected chi connectivity index (χ2v) is 17.8. The summed E-state index contributed by atoms with van der Waals surface area (Å²) in [5.74, 6) is 0. The van der Waals surface area contributed by atoms with Crippen molar-refractivity contribution in [3.05, 3.63) is 193 Å². The van der Waals surface area contributed by atoms with Crippen molar-refractivity contribution in [3.8, 4) is 44.5 Å². The maximum atomic E-state index is 6.23. The Bertz CT molecular complexity index is 3690. The van der Waals surface area contributed by atoms with Gasteiger partial charge < -0.3 is 4.42 Å². The summed E-state index contributed by atoms with van der Waals surface area (Å²) in [7, 11) is 0. The summed E-state index contributed by atoms with van der Waals surface area (Å²) in [5, 5.41) is 12.7. The lowest BCUT2D eigenvalue weighted by Crippen LogP contribution is -2.15. The third-order valence-electron chi connectivity index (χ3n) is 13.2. The average molecular weight is 769 g/mol. The monoisotopic (exact) mass is 768 g/mol. The van der Waals surface area contributed by atoms with E-state index in [1.165, 1.54) is 108 Å². The fourth-order valence-electron chi connectivity index (χ4n) is 10.7. The van der Waals surface area contributed by atoms with Crippen molar-refractivity contribution in [3.63, 3.8) is 0 Å². The van der Waals surface area contributed by atoms with Gasteiger partial charge in [-0.2, -0.15) is 0 Å². The Balaban J connectivity index is 0.988. The molecule has 2 heteroatoms. The first-order valence-corrected chi connectivity index (χ1v) is 21.3. The first kappa shape index (κ1) is 33.0. The lowest BCUT2D eigenvalue weighted by atomic mass is 9.80. The van der Waals surface area contributed by atoms with E-state index in [9.17, 15) is 0 Å². The highest BCUT2D eigenvalue weighted by atomic mass is 32.1. The molecule has 12 aromatic rings. The lowest BCUT2D eigenvalue weighted by molar-refractivity contribution is 0.667. The summed E-state index contributed by atoms with van der Waals surface area (Å²) < 4.78 is 8.93. The van der Waals surface area contributed by atoms with Crippen molar-refractivity contribution in [1.29, 1.82) is 0 Å². The molecule has 0 saturated heterocycles. The number of hydrogen-bond donors (Lipinski definition) is 0. The molecule has 10 aromatic carbocycles. The molecule has 0 amide bonds. The van der Waals surface area contributed by atoms with E-state index >= 15 is 0 Å². The van der Waals surface area contributed by atoms with Crippen molar-refractivity contribution < 1.29 is 4.42 Å². The molecule has 0 N–H and O–H groups in total. The highest BCUT2D eigenvalue weighted by molar-refractivity contribution is 7.26. The van der Waals surface area contributed by atoms with E-state index in [1.54, 1.807) is 0 Å². The number of hydrogen-bond acceptors (Lipinski definition) is 2. The molecule has 2 heterocycles. The quantitative estimate of drug-likeness (QED) is 0.163. The molecule has 0 spiro atoms. The van der Waals surface area contributed by atoms with Gasteiger partial charge in [0.25, 0.3) is 0 Å². The number of para-hydroxylation sites is 1. The Morgan fingerprint density at radius 3 is 1.66 bits per heavy atom. The first-order chi connectivity index (χ1) is 29.0. The summed E-state index contributed by atoms with van der Waals surface area (Å²) >= 11 is 1.93. The van der Waals surface area contributed by atoms with E-state index in [-0.39, 0.29) is 5.41 Å². The van der Waals surface area contributed by atoms with Crippen LogP contribution in [-0.2, 0) is 5.41 Å². The summed E-state index contributed by atoms with van der Waals surface area (Å²) in [6, 6.07) is 67.4. The molecular formula is C57H36OS. The molecule has 1 nitrogen and oxygen atoms in total. The fourth-order valence-corrected chi connectivity index (χ4v) is 11.9. The molecule has 1 aliphatic carbocycles. The van der Waals surface area contributed by atoms with Crippen molar-refractivity contribution in [2.24, 2.45) is 0 Å². The van der Waals surface area contributed by atoms with Crippen LogP contribution in [0.1, 0.15) is 25.0 Å². The van der Waals surface area contributed by atoms with Gasteiger partial charge in [0, 0.05) is 36.4 Å². The van der Waals surface area contributed by atoms with Crippen molar-refractivity contribution in [2.45, 2.75) is 19.3 Å². The van der Waals surface area contributed by atoms with Crippen LogP contribution in [0, 0.1) is 0 Å². The summed E-state index contributed by atoms with van der Waals surface area (Å²) in [6.07, 6.45) is 0. The zero-order chi connectivity index (χ0) is 39.0. The molecule has 0 radical (unpaired) electrons. The van der Waals surface area contributed by atoms with E-state index in [0.717, 1.165) is 21.9 Å². The minimum atomic E-state index is -0.0795. The molecule has 276 valence electrons. The zero-order valence-corrected chi connectivity index (χ0v) is 33.5. The molecular weight excluding hydrogens is 733 g/mol. The van der Waals surface area contributed by atoms with Crippen LogP contribution < -0.4 is 0 Å². The Labute approximate surface area is 345 Å². The van der Waals surface area contributed by atoms with E-state index < -0.39 is 0 Å². The molecule has 0 fully saturated rings. The van der Waals surface area contributed by atoms with Crippen LogP contribution in [0.25, 0.3) is 119 Å². The minimum absolute atomic E-state index is 0.0795. The van der Waals surface area contributed by atoms with Gasteiger partial charge in [0.15, 0.2) is 0 Å². The number of furan rings is 1. The first-order valence-electron chi connectivity index (χ1n) is 20.5.